The van der Waals surface area contributed by atoms with Gasteiger partial charge in [0.25, 0.3) is 0 Å². The zero-order valence-electron chi connectivity index (χ0n) is 11.1. The van der Waals surface area contributed by atoms with Gasteiger partial charge in [0.05, 0.1) is 7.11 Å². The van der Waals surface area contributed by atoms with Gasteiger partial charge in [-0.25, -0.2) is 0 Å². The SMILES string of the molecule is C/C=C/CCNC(=O)CCc1ccc(OC)cc1. The highest BCUT2D eigenvalue weighted by molar-refractivity contribution is 5.76. The molecule has 1 rings (SSSR count). The highest BCUT2D eigenvalue weighted by Gasteiger charge is 2.01. The molecule has 3 heteroatoms. The van der Waals surface area contributed by atoms with Crippen molar-refractivity contribution < 1.29 is 9.53 Å². The lowest BCUT2D eigenvalue weighted by Crippen LogP contribution is -2.24. The molecule has 0 saturated carbocycles. The molecule has 0 fully saturated rings. The molecule has 0 atom stereocenters. The minimum Gasteiger partial charge on any atom is -0.497 e. The lowest BCUT2D eigenvalue weighted by Gasteiger charge is -2.05. The first-order valence-corrected chi connectivity index (χ1v) is 6.27. The van der Waals surface area contributed by atoms with Gasteiger partial charge >= 0.3 is 0 Å². The predicted octanol–water partition coefficient (Wildman–Crippen LogP) is 2.71. The molecule has 18 heavy (non-hydrogen) atoms. The number of amides is 1. The van der Waals surface area contributed by atoms with E-state index in [1.165, 1.54) is 0 Å². The van der Waals surface area contributed by atoms with Crippen molar-refractivity contribution in [1.29, 1.82) is 0 Å². The summed E-state index contributed by atoms with van der Waals surface area (Å²) in [6.45, 7) is 2.69. The van der Waals surface area contributed by atoms with E-state index in [2.05, 4.69) is 5.32 Å². The predicted molar refractivity (Wildman–Crippen MR) is 73.8 cm³/mol. The van der Waals surface area contributed by atoms with Gasteiger partial charge < -0.3 is 10.1 Å². The molecular formula is C15H21NO2. The molecule has 1 amide bonds. The lowest BCUT2D eigenvalue weighted by atomic mass is 10.1. The molecule has 0 aliphatic carbocycles. The largest absolute Gasteiger partial charge is 0.497 e. The molecule has 0 spiro atoms. The fourth-order valence-corrected chi connectivity index (χ4v) is 1.60. The molecule has 0 aliphatic heterocycles. The van der Waals surface area contributed by atoms with Gasteiger partial charge in [-0.05, 0) is 37.5 Å². The third-order valence-electron chi connectivity index (χ3n) is 2.67. The first kappa shape index (κ1) is 14.3. The van der Waals surface area contributed by atoms with Crippen LogP contribution in [0.5, 0.6) is 5.75 Å². The Balaban J connectivity index is 2.24. The van der Waals surface area contributed by atoms with Gasteiger partial charge in [0.15, 0.2) is 0 Å². The summed E-state index contributed by atoms with van der Waals surface area (Å²) in [5.74, 6) is 0.949. The molecule has 0 unspecified atom stereocenters. The van der Waals surface area contributed by atoms with Crippen LogP contribution in [0.2, 0.25) is 0 Å². The van der Waals surface area contributed by atoms with Gasteiger partial charge in [0.1, 0.15) is 5.75 Å². The summed E-state index contributed by atoms with van der Waals surface area (Å²) >= 11 is 0. The number of carbonyl (C=O) groups is 1. The van der Waals surface area contributed by atoms with Gasteiger partial charge in [-0.15, -0.1) is 0 Å². The Bertz CT molecular complexity index is 382. The molecule has 0 aliphatic rings. The van der Waals surface area contributed by atoms with Crippen molar-refractivity contribution in [1.82, 2.24) is 5.32 Å². The van der Waals surface area contributed by atoms with E-state index in [0.717, 1.165) is 24.2 Å². The van der Waals surface area contributed by atoms with E-state index >= 15 is 0 Å². The Morgan fingerprint density at radius 3 is 2.67 bits per heavy atom. The Morgan fingerprint density at radius 1 is 1.33 bits per heavy atom. The standard InChI is InChI=1S/C15H21NO2/c1-3-4-5-12-16-15(17)11-8-13-6-9-14(18-2)10-7-13/h3-4,6-7,9-10H,5,8,11-12H2,1-2H3,(H,16,17)/b4-3+. The number of hydrogen-bond acceptors (Lipinski definition) is 2. The maximum absolute atomic E-state index is 11.5. The lowest BCUT2D eigenvalue weighted by molar-refractivity contribution is -0.121. The summed E-state index contributed by atoms with van der Waals surface area (Å²) in [5, 5.41) is 2.90. The van der Waals surface area contributed by atoms with E-state index in [1.54, 1.807) is 7.11 Å². The number of methoxy groups -OCH3 is 1. The van der Waals surface area contributed by atoms with Crippen LogP contribution in [0.1, 0.15) is 25.3 Å². The van der Waals surface area contributed by atoms with E-state index in [4.69, 9.17) is 4.74 Å². The van der Waals surface area contributed by atoms with Gasteiger partial charge in [-0.3, -0.25) is 4.79 Å². The molecule has 0 bridgehead atoms. The summed E-state index contributed by atoms with van der Waals surface area (Å²) < 4.78 is 5.09. The fraction of sp³-hybridized carbons (Fsp3) is 0.400. The van der Waals surface area contributed by atoms with Crippen LogP contribution >= 0.6 is 0 Å². The van der Waals surface area contributed by atoms with Crippen LogP contribution in [0.4, 0.5) is 0 Å². The zero-order chi connectivity index (χ0) is 13.2. The highest BCUT2D eigenvalue weighted by atomic mass is 16.5. The van der Waals surface area contributed by atoms with Crippen molar-refractivity contribution >= 4 is 5.91 Å². The van der Waals surface area contributed by atoms with Crippen LogP contribution in [0, 0.1) is 0 Å². The molecule has 0 aromatic heterocycles. The van der Waals surface area contributed by atoms with Crippen LogP contribution in [0.25, 0.3) is 0 Å². The third-order valence-corrected chi connectivity index (χ3v) is 2.67. The molecule has 98 valence electrons. The highest BCUT2D eigenvalue weighted by Crippen LogP contribution is 2.12. The van der Waals surface area contributed by atoms with Crippen molar-refractivity contribution in [2.24, 2.45) is 0 Å². The van der Waals surface area contributed by atoms with E-state index in [-0.39, 0.29) is 5.91 Å². The second-order valence-corrected chi connectivity index (χ2v) is 4.06. The van der Waals surface area contributed by atoms with Gasteiger partial charge in [-0.1, -0.05) is 24.3 Å². The second kappa shape index (κ2) is 8.34. The van der Waals surface area contributed by atoms with Crippen LogP contribution in [-0.4, -0.2) is 19.6 Å². The van der Waals surface area contributed by atoms with Crippen molar-refractivity contribution in [3.05, 3.63) is 42.0 Å². The number of benzene rings is 1. The van der Waals surface area contributed by atoms with Gasteiger partial charge in [-0.2, -0.15) is 0 Å². The minimum absolute atomic E-state index is 0.107. The van der Waals surface area contributed by atoms with E-state index < -0.39 is 0 Å². The minimum atomic E-state index is 0.107. The van der Waals surface area contributed by atoms with Crippen LogP contribution in [0.15, 0.2) is 36.4 Å². The van der Waals surface area contributed by atoms with Crippen LogP contribution < -0.4 is 10.1 Å². The van der Waals surface area contributed by atoms with Crippen molar-refractivity contribution in [3.63, 3.8) is 0 Å². The Hall–Kier alpha value is -1.77. The van der Waals surface area contributed by atoms with E-state index in [1.807, 2.05) is 43.3 Å². The first-order valence-electron chi connectivity index (χ1n) is 6.27. The zero-order valence-corrected chi connectivity index (χ0v) is 11.1. The average Bonchev–Trinajstić information content (AvgIpc) is 2.42. The Kier molecular flexibility index (Phi) is 6.62. The number of aryl methyl sites for hydroxylation is 1. The second-order valence-electron chi connectivity index (χ2n) is 4.06. The summed E-state index contributed by atoms with van der Waals surface area (Å²) in [7, 11) is 1.65. The molecule has 1 aromatic carbocycles. The Labute approximate surface area is 109 Å². The number of carbonyl (C=O) groups excluding carboxylic acids is 1. The summed E-state index contributed by atoms with van der Waals surface area (Å²) in [5.41, 5.74) is 1.15. The topological polar surface area (TPSA) is 38.3 Å². The monoisotopic (exact) mass is 247 g/mol. The molecule has 0 saturated heterocycles. The van der Waals surface area contributed by atoms with E-state index in [0.29, 0.717) is 13.0 Å². The molecule has 1 N–H and O–H groups in total. The molecular weight excluding hydrogens is 226 g/mol. The van der Waals surface area contributed by atoms with Crippen LogP contribution in [-0.2, 0) is 11.2 Å². The quantitative estimate of drug-likeness (QED) is 0.594. The van der Waals surface area contributed by atoms with Crippen molar-refractivity contribution in [2.45, 2.75) is 26.2 Å². The molecule has 1 aromatic rings. The Morgan fingerprint density at radius 2 is 2.06 bits per heavy atom. The van der Waals surface area contributed by atoms with Crippen molar-refractivity contribution in [2.75, 3.05) is 13.7 Å². The number of allylic oxidation sites excluding steroid dienone is 1. The average molecular weight is 247 g/mol. The maximum atomic E-state index is 11.5. The molecule has 0 heterocycles. The van der Waals surface area contributed by atoms with Crippen LogP contribution in [0.3, 0.4) is 0 Å². The maximum Gasteiger partial charge on any atom is 0.220 e. The number of hydrogen-bond donors (Lipinski definition) is 1. The van der Waals surface area contributed by atoms with Crippen molar-refractivity contribution in [3.8, 4) is 5.75 Å². The van der Waals surface area contributed by atoms with Gasteiger partial charge in [0, 0.05) is 13.0 Å². The number of nitrogens with one attached hydrogen (secondary N) is 1. The smallest absolute Gasteiger partial charge is 0.220 e. The fourth-order valence-electron chi connectivity index (χ4n) is 1.60. The summed E-state index contributed by atoms with van der Waals surface area (Å²) in [6.07, 6.45) is 6.22. The first-order chi connectivity index (χ1) is 8.76. The summed E-state index contributed by atoms with van der Waals surface area (Å²) in [4.78, 5) is 11.5. The normalized spacial score (nSPS) is 10.6. The molecule has 3 nitrogen and oxygen atoms in total. The third kappa shape index (κ3) is 5.53. The number of ether oxygens (including phenoxy) is 1. The van der Waals surface area contributed by atoms with E-state index in [9.17, 15) is 4.79 Å². The molecule has 0 radical (unpaired) electrons. The van der Waals surface area contributed by atoms with Gasteiger partial charge in [0.2, 0.25) is 5.91 Å². The number of rotatable bonds is 7. The summed E-state index contributed by atoms with van der Waals surface area (Å²) in [6, 6.07) is 7.82.